The summed E-state index contributed by atoms with van der Waals surface area (Å²) in [7, 11) is 2.00. The minimum absolute atomic E-state index is 0.00694. The van der Waals surface area contributed by atoms with Crippen LogP contribution in [0.1, 0.15) is 13.3 Å². The molecule has 0 aliphatic carbocycles. The lowest BCUT2D eigenvalue weighted by Crippen LogP contribution is -2.57. The Morgan fingerprint density at radius 3 is 2.53 bits per heavy atom. The van der Waals surface area contributed by atoms with E-state index >= 15 is 0 Å². The average Bonchev–Trinajstić information content (AvgIpc) is 2.52. The smallest absolute Gasteiger partial charge is 0.337 e. The first-order valence-corrected chi connectivity index (χ1v) is 5.91. The van der Waals surface area contributed by atoms with Crippen LogP contribution in [0.2, 0.25) is 0 Å². The van der Waals surface area contributed by atoms with Crippen molar-refractivity contribution < 1.29 is 18.3 Å². The maximum Gasteiger partial charge on any atom is 0.345 e. The first kappa shape index (κ1) is 12.7. The number of carbonyl (C=O) groups excluding carboxylic acids is 1. The Hall–Kier alpha value is -0.750. The fraction of sp³-hybridized carbons (Fsp3) is 0.909. The van der Waals surface area contributed by atoms with Gasteiger partial charge in [0.1, 0.15) is 0 Å². The maximum absolute atomic E-state index is 12.1. The van der Waals surface area contributed by atoms with Gasteiger partial charge in [0, 0.05) is 19.1 Å². The fourth-order valence-electron chi connectivity index (χ4n) is 2.51. The van der Waals surface area contributed by atoms with Crippen molar-refractivity contribution in [1.29, 1.82) is 0 Å². The highest BCUT2D eigenvalue weighted by Gasteiger charge is 2.41. The maximum atomic E-state index is 12.1. The molecule has 0 unspecified atom stereocenters. The minimum atomic E-state index is -2.74. The Bertz CT molecular complexity index is 295. The first-order valence-electron chi connectivity index (χ1n) is 5.91. The summed E-state index contributed by atoms with van der Waals surface area (Å²) in [6.45, 7) is 0.811. The standard InChI is InChI=1S/C11H18F2N2O2/c1-7-9(3-4-14(7)2)10(16)15-5-8(6-15)17-11(12)13/h7-9,11H,3-6H2,1-2H3/t7-,9-/m1/s1. The second-order valence-corrected chi connectivity index (χ2v) is 4.88. The normalized spacial score (nSPS) is 31.0. The number of rotatable bonds is 3. The second kappa shape index (κ2) is 4.86. The molecule has 2 heterocycles. The molecule has 2 aliphatic rings. The van der Waals surface area contributed by atoms with E-state index in [1.54, 1.807) is 4.90 Å². The van der Waals surface area contributed by atoms with Crippen LogP contribution in [0.5, 0.6) is 0 Å². The number of amides is 1. The fourth-order valence-corrected chi connectivity index (χ4v) is 2.51. The third kappa shape index (κ3) is 2.57. The predicted octanol–water partition coefficient (Wildman–Crippen LogP) is 0.777. The van der Waals surface area contributed by atoms with Gasteiger partial charge >= 0.3 is 6.61 Å². The SMILES string of the molecule is C[C@@H]1[C@H](C(=O)N2CC(OC(F)F)C2)CCN1C. The van der Waals surface area contributed by atoms with Crippen LogP contribution in [0.4, 0.5) is 8.78 Å². The van der Waals surface area contributed by atoms with E-state index in [1.165, 1.54) is 0 Å². The molecule has 0 bridgehead atoms. The van der Waals surface area contributed by atoms with E-state index in [0.29, 0.717) is 13.1 Å². The molecule has 2 rings (SSSR count). The highest BCUT2D eigenvalue weighted by molar-refractivity contribution is 5.80. The summed E-state index contributed by atoms with van der Waals surface area (Å²) >= 11 is 0. The summed E-state index contributed by atoms with van der Waals surface area (Å²) in [5.41, 5.74) is 0. The molecule has 0 radical (unpaired) electrons. The van der Waals surface area contributed by atoms with Crippen LogP contribution in [-0.2, 0) is 9.53 Å². The van der Waals surface area contributed by atoms with Crippen LogP contribution in [0, 0.1) is 5.92 Å². The zero-order valence-electron chi connectivity index (χ0n) is 10.1. The van der Waals surface area contributed by atoms with Crippen LogP contribution in [0.15, 0.2) is 0 Å². The van der Waals surface area contributed by atoms with E-state index in [1.807, 2.05) is 14.0 Å². The van der Waals surface area contributed by atoms with Crippen LogP contribution >= 0.6 is 0 Å². The van der Waals surface area contributed by atoms with Gasteiger partial charge in [0.15, 0.2) is 0 Å². The molecule has 6 heteroatoms. The van der Waals surface area contributed by atoms with E-state index in [0.717, 1.165) is 13.0 Å². The van der Waals surface area contributed by atoms with Gasteiger partial charge in [-0.1, -0.05) is 0 Å². The van der Waals surface area contributed by atoms with Crippen molar-refractivity contribution in [3.05, 3.63) is 0 Å². The van der Waals surface area contributed by atoms with E-state index in [9.17, 15) is 13.6 Å². The number of nitrogens with zero attached hydrogens (tertiary/aromatic N) is 2. The van der Waals surface area contributed by atoms with Crippen LogP contribution in [0.3, 0.4) is 0 Å². The second-order valence-electron chi connectivity index (χ2n) is 4.88. The van der Waals surface area contributed by atoms with E-state index in [4.69, 9.17) is 0 Å². The number of hydrogen-bond donors (Lipinski definition) is 0. The number of likely N-dealkylation sites (tertiary alicyclic amines) is 2. The Kier molecular flexibility index (Phi) is 3.63. The summed E-state index contributed by atoms with van der Waals surface area (Å²) in [6, 6.07) is 0.234. The molecule has 0 aromatic heterocycles. The van der Waals surface area contributed by atoms with Gasteiger partial charge in [0.2, 0.25) is 5.91 Å². The molecule has 0 aromatic carbocycles. The van der Waals surface area contributed by atoms with E-state index in [2.05, 4.69) is 9.64 Å². The molecule has 98 valence electrons. The van der Waals surface area contributed by atoms with Gasteiger partial charge < -0.3 is 14.5 Å². The molecule has 2 saturated heterocycles. The van der Waals surface area contributed by atoms with Crippen molar-refractivity contribution in [3.63, 3.8) is 0 Å². The Labute approximate surface area is 99.5 Å². The summed E-state index contributed by atoms with van der Waals surface area (Å²) < 4.78 is 28.2. The molecule has 2 fully saturated rings. The van der Waals surface area contributed by atoms with Gasteiger partial charge in [-0.2, -0.15) is 8.78 Å². The van der Waals surface area contributed by atoms with Crippen molar-refractivity contribution >= 4 is 5.91 Å². The monoisotopic (exact) mass is 248 g/mol. The van der Waals surface area contributed by atoms with Gasteiger partial charge in [-0.3, -0.25) is 4.79 Å². The molecule has 1 amide bonds. The minimum Gasteiger partial charge on any atom is -0.337 e. The van der Waals surface area contributed by atoms with Crippen LogP contribution in [0.25, 0.3) is 0 Å². The van der Waals surface area contributed by atoms with E-state index < -0.39 is 12.7 Å². The number of carbonyl (C=O) groups is 1. The largest absolute Gasteiger partial charge is 0.345 e. The van der Waals surface area contributed by atoms with Gasteiger partial charge in [-0.05, 0) is 26.9 Å². The lowest BCUT2D eigenvalue weighted by atomic mass is 9.98. The molecular weight excluding hydrogens is 230 g/mol. The number of ether oxygens (including phenoxy) is 1. The van der Waals surface area contributed by atoms with Crippen molar-refractivity contribution in [2.24, 2.45) is 5.92 Å². The Morgan fingerprint density at radius 1 is 1.41 bits per heavy atom. The van der Waals surface area contributed by atoms with Gasteiger partial charge in [0.25, 0.3) is 0 Å². The highest BCUT2D eigenvalue weighted by Crippen LogP contribution is 2.27. The predicted molar refractivity (Wildman–Crippen MR) is 57.7 cm³/mol. The summed E-state index contributed by atoms with van der Waals surface area (Å²) in [4.78, 5) is 15.8. The van der Waals surface area contributed by atoms with Crippen molar-refractivity contribution in [2.45, 2.75) is 32.1 Å². The van der Waals surface area contributed by atoms with Crippen molar-refractivity contribution in [3.8, 4) is 0 Å². The topological polar surface area (TPSA) is 32.8 Å². The van der Waals surface area contributed by atoms with Crippen molar-refractivity contribution in [1.82, 2.24) is 9.80 Å². The third-order valence-corrected chi connectivity index (χ3v) is 3.84. The molecular formula is C11H18F2N2O2. The number of alkyl halides is 2. The van der Waals surface area contributed by atoms with Gasteiger partial charge in [-0.15, -0.1) is 0 Å². The molecule has 0 spiro atoms. The molecule has 0 N–H and O–H groups in total. The molecule has 2 atom stereocenters. The lowest BCUT2D eigenvalue weighted by molar-refractivity contribution is -0.200. The molecule has 2 aliphatic heterocycles. The third-order valence-electron chi connectivity index (χ3n) is 3.84. The van der Waals surface area contributed by atoms with E-state index in [-0.39, 0.29) is 17.9 Å². The zero-order valence-corrected chi connectivity index (χ0v) is 10.1. The first-order chi connectivity index (χ1) is 7.99. The van der Waals surface area contributed by atoms with Gasteiger partial charge in [-0.25, -0.2) is 0 Å². The average molecular weight is 248 g/mol. The summed E-state index contributed by atoms with van der Waals surface area (Å²) in [6.07, 6.45) is 0.362. The summed E-state index contributed by atoms with van der Waals surface area (Å²) in [5, 5.41) is 0. The zero-order chi connectivity index (χ0) is 12.6. The van der Waals surface area contributed by atoms with Crippen molar-refractivity contribution in [2.75, 3.05) is 26.7 Å². The Morgan fingerprint density at radius 2 is 2.06 bits per heavy atom. The number of hydrogen-bond acceptors (Lipinski definition) is 3. The number of halogens is 2. The van der Waals surface area contributed by atoms with Crippen LogP contribution in [-0.4, -0.2) is 61.1 Å². The highest BCUT2D eigenvalue weighted by atomic mass is 19.3. The quantitative estimate of drug-likeness (QED) is 0.740. The van der Waals surface area contributed by atoms with Crippen LogP contribution < -0.4 is 0 Å². The molecule has 4 nitrogen and oxygen atoms in total. The lowest BCUT2D eigenvalue weighted by Gasteiger charge is -2.40. The molecule has 0 aromatic rings. The van der Waals surface area contributed by atoms with Gasteiger partial charge in [0.05, 0.1) is 12.0 Å². The Balaban J connectivity index is 1.79. The molecule has 0 saturated carbocycles. The molecule has 17 heavy (non-hydrogen) atoms. The summed E-state index contributed by atoms with van der Waals surface area (Å²) in [5.74, 6) is 0.0865.